The molecular weight excluding hydrogens is 270 g/mol. The molecule has 106 valence electrons. The molecule has 0 bridgehead atoms. The van der Waals surface area contributed by atoms with Crippen LogP contribution in [-0.2, 0) is 11.2 Å². The summed E-state index contributed by atoms with van der Waals surface area (Å²) in [4.78, 5) is 21.6. The Balaban J connectivity index is 2.03. The molecule has 2 rings (SSSR count). The molecule has 0 radical (unpaired) electrons. The molecule has 0 atom stereocenters. The average molecular weight is 289 g/mol. The Hall–Kier alpha value is -1.75. The monoisotopic (exact) mass is 289 g/mol. The number of rotatable bonds is 6. The molecule has 0 aliphatic heterocycles. The van der Waals surface area contributed by atoms with Crippen LogP contribution in [0, 0.1) is 6.92 Å². The fourth-order valence-corrected chi connectivity index (χ4v) is 2.84. The SMILES string of the molecule is CCCCNC(=O)Cc1sc(-c2ccccn2)nc1C. The van der Waals surface area contributed by atoms with Gasteiger partial charge in [-0.3, -0.25) is 9.78 Å². The average Bonchev–Trinajstić information content (AvgIpc) is 2.81. The van der Waals surface area contributed by atoms with Crippen LogP contribution in [0.2, 0.25) is 0 Å². The van der Waals surface area contributed by atoms with Crippen LogP contribution < -0.4 is 5.32 Å². The summed E-state index contributed by atoms with van der Waals surface area (Å²) in [7, 11) is 0. The first kappa shape index (κ1) is 14.7. The van der Waals surface area contributed by atoms with Crippen LogP contribution >= 0.6 is 11.3 Å². The number of nitrogens with one attached hydrogen (secondary N) is 1. The molecular formula is C15H19N3OS. The van der Waals surface area contributed by atoms with E-state index in [9.17, 15) is 4.79 Å². The predicted molar refractivity (Wildman–Crippen MR) is 81.7 cm³/mol. The van der Waals surface area contributed by atoms with Crippen molar-refractivity contribution in [3.05, 3.63) is 35.0 Å². The van der Waals surface area contributed by atoms with Gasteiger partial charge < -0.3 is 5.32 Å². The van der Waals surface area contributed by atoms with Crippen LogP contribution in [0.15, 0.2) is 24.4 Å². The van der Waals surface area contributed by atoms with Gasteiger partial charge in [0.05, 0.1) is 17.8 Å². The summed E-state index contributed by atoms with van der Waals surface area (Å²) in [5, 5.41) is 3.81. The van der Waals surface area contributed by atoms with E-state index in [1.807, 2.05) is 25.1 Å². The maximum absolute atomic E-state index is 11.8. The van der Waals surface area contributed by atoms with E-state index in [0.717, 1.165) is 40.7 Å². The molecule has 1 amide bonds. The number of hydrogen-bond acceptors (Lipinski definition) is 4. The van der Waals surface area contributed by atoms with E-state index in [0.29, 0.717) is 6.42 Å². The number of carbonyl (C=O) groups is 1. The van der Waals surface area contributed by atoms with E-state index in [1.54, 1.807) is 17.5 Å². The standard InChI is InChI=1S/C15H19N3OS/c1-3-4-8-17-14(19)10-13-11(2)18-15(20-13)12-7-5-6-9-16-12/h5-7,9H,3-4,8,10H2,1-2H3,(H,17,19). The first-order chi connectivity index (χ1) is 9.70. The van der Waals surface area contributed by atoms with E-state index < -0.39 is 0 Å². The van der Waals surface area contributed by atoms with Gasteiger partial charge in [-0.15, -0.1) is 11.3 Å². The maximum atomic E-state index is 11.8. The lowest BCUT2D eigenvalue weighted by Crippen LogP contribution is -2.25. The molecule has 5 heteroatoms. The van der Waals surface area contributed by atoms with Gasteiger partial charge in [0.25, 0.3) is 0 Å². The maximum Gasteiger partial charge on any atom is 0.225 e. The van der Waals surface area contributed by atoms with Crippen molar-refractivity contribution in [2.45, 2.75) is 33.1 Å². The molecule has 0 aromatic carbocycles. The van der Waals surface area contributed by atoms with E-state index in [2.05, 4.69) is 22.2 Å². The number of carbonyl (C=O) groups excluding carboxylic acids is 1. The molecule has 2 heterocycles. The lowest BCUT2D eigenvalue weighted by Gasteiger charge is -2.02. The lowest BCUT2D eigenvalue weighted by molar-refractivity contribution is -0.120. The highest BCUT2D eigenvalue weighted by Crippen LogP contribution is 2.26. The molecule has 20 heavy (non-hydrogen) atoms. The molecule has 0 fully saturated rings. The first-order valence-corrected chi connectivity index (χ1v) is 7.66. The zero-order chi connectivity index (χ0) is 14.4. The Kier molecular flexibility index (Phi) is 5.24. The van der Waals surface area contributed by atoms with Crippen LogP contribution in [0.5, 0.6) is 0 Å². The van der Waals surface area contributed by atoms with Crippen molar-refractivity contribution in [1.29, 1.82) is 0 Å². The van der Waals surface area contributed by atoms with Crippen LogP contribution in [0.1, 0.15) is 30.3 Å². The second-order valence-corrected chi connectivity index (χ2v) is 5.71. The molecule has 2 aromatic rings. The predicted octanol–water partition coefficient (Wildman–Crippen LogP) is 2.97. The fourth-order valence-electron chi connectivity index (χ4n) is 1.80. The topological polar surface area (TPSA) is 54.9 Å². The van der Waals surface area contributed by atoms with Gasteiger partial charge in [0.15, 0.2) is 0 Å². The Labute approximate surface area is 123 Å². The number of hydrogen-bond donors (Lipinski definition) is 1. The molecule has 0 unspecified atom stereocenters. The lowest BCUT2D eigenvalue weighted by atomic mass is 10.3. The second-order valence-electron chi connectivity index (χ2n) is 4.62. The van der Waals surface area contributed by atoms with Gasteiger partial charge in [0, 0.05) is 17.6 Å². The number of pyridine rings is 1. The highest BCUT2D eigenvalue weighted by molar-refractivity contribution is 7.15. The molecule has 1 N–H and O–H groups in total. The summed E-state index contributed by atoms with van der Waals surface area (Å²) in [5.74, 6) is 0.0674. The quantitative estimate of drug-likeness (QED) is 0.832. The smallest absolute Gasteiger partial charge is 0.225 e. The third kappa shape index (κ3) is 3.87. The number of nitrogens with zero attached hydrogens (tertiary/aromatic N) is 2. The Morgan fingerprint density at radius 1 is 1.40 bits per heavy atom. The molecule has 0 aliphatic carbocycles. The Morgan fingerprint density at radius 2 is 2.25 bits per heavy atom. The van der Waals surface area contributed by atoms with Crippen molar-refractivity contribution < 1.29 is 4.79 Å². The molecule has 0 saturated heterocycles. The molecule has 0 aliphatic rings. The molecule has 0 spiro atoms. The first-order valence-electron chi connectivity index (χ1n) is 6.85. The summed E-state index contributed by atoms with van der Waals surface area (Å²) >= 11 is 1.55. The summed E-state index contributed by atoms with van der Waals surface area (Å²) in [6.07, 6.45) is 4.26. The van der Waals surface area contributed by atoms with E-state index in [4.69, 9.17) is 0 Å². The summed E-state index contributed by atoms with van der Waals surface area (Å²) in [5.41, 5.74) is 1.78. The van der Waals surface area contributed by atoms with Crippen LogP contribution in [0.4, 0.5) is 0 Å². The van der Waals surface area contributed by atoms with Crippen molar-refractivity contribution in [3.8, 4) is 10.7 Å². The minimum atomic E-state index is 0.0674. The normalized spacial score (nSPS) is 10.5. The van der Waals surface area contributed by atoms with Crippen LogP contribution in [0.25, 0.3) is 10.7 Å². The summed E-state index contributed by atoms with van der Waals surface area (Å²) < 4.78 is 0. The number of aromatic nitrogens is 2. The van der Waals surface area contributed by atoms with Gasteiger partial charge in [-0.2, -0.15) is 0 Å². The van der Waals surface area contributed by atoms with Gasteiger partial charge in [0.2, 0.25) is 5.91 Å². The van der Waals surface area contributed by atoms with E-state index in [-0.39, 0.29) is 5.91 Å². The van der Waals surface area contributed by atoms with Gasteiger partial charge in [-0.1, -0.05) is 19.4 Å². The van der Waals surface area contributed by atoms with Crippen LogP contribution in [0.3, 0.4) is 0 Å². The minimum Gasteiger partial charge on any atom is -0.356 e. The van der Waals surface area contributed by atoms with Gasteiger partial charge >= 0.3 is 0 Å². The highest BCUT2D eigenvalue weighted by Gasteiger charge is 2.13. The van der Waals surface area contributed by atoms with Gasteiger partial charge in [-0.25, -0.2) is 4.98 Å². The van der Waals surface area contributed by atoms with E-state index >= 15 is 0 Å². The second kappa shape index (κ2) is 7.14. The zero-order valence-corrected chi connectivity index (χ0v) is 12.7. The minimum absolute atomic E-state index is 0.0674. The number of unbranched alkanes of at least 4 members (excludes halogenated alkanes) is 1. The van der Waals surface area contributed by atoms with Crippen LogP contribution in [-0.4, -0.2) is 22.4 Å². The molecule has 0 saturated carbocycles. The van der Waals surface area contributed by atoms with E-state index in [1.165, 1.54) is 0 Å². The highest BCUT2D eigenvalue weighted by atomic mass is 32.1. The number of thiazole rings is 1. The summed E-state index contributed by atoms with van der Waals surface area (Å²) in [6, 6.07) is 5.76. The van der Waals surface area contributed by atoms with Gasteiger partial charge in [-0.05, 0) is 25.5 Å². The number of amides is 1. The number of aryl methyl sites for hydroxylation is 1. The molecule has 2 aromatic heterocycles. The Morgan fingerprint density at radius 3 is 2.95 bits per heavy atom. The Bertz CT molecular complexity index is 566. The van der Waals surface area contributed by atoms with Crippen molar-refractivity contribution >= 4 is 17.2 Å². The third-order valence-corrected chi connectivity index (χ3v) is 4.13. The fraction of sp³-hybridized carbons (Fsp3) is 0.400. The molecule has 4 nitrogen and oxygen atoms in total. The van der Waals surface area contributed by atoms with Crippen molar-refractivity contribution in [3.63, 3.8) is 0 Å². The van der Waals surface area contributed by atoms with Crippen molar-refractivity contribution in [2.24, 2.45) is 0 Å². The van der Waals surface area contributed by atoms with Gasteiger partial charge in [0.1, 0.15) is 5.01 Å². The van der Waals surface area contributed by atoms with Crippen molar-refractivity contribution in [2.75, 3.05) is 6.54 Å². The largest absolute Gasteiger partial charge is 0.356 e. The zero-order valence-electron chi connectivity index (χ0n) is 11.8. The van der Waals surface area contributed by atoms with Crippen molar-refractivity contribution in [1.82, 2.24) is 15.3 Å². The third-order valence-electron chi connectivity index (χ3n) is 2.95. The summed E-state index contributed by atoms with van der Waals surface area (Å²) in [6.45, 7) is 4.80.